The maximum Gasteiger partial charge on any atom is 0.267 e. The van der Waals surface area contributed by atoms with Gasteiger partial charge in [-0.25, -0.2) is 12.8 Å². The van der Waals surface area contributed by atoms with Gasteiger partial charge in [0, 0.05) is 24.4 Å². The van der Waals surface area contributed by atoms with Crippen molar-refractivity contribution >= 4 is 15.7 Å². The second kappa shape index (κ2) is 5.17. The van der Waals surface area contributed by atoms with E-state index in [1.54, 1.807) is 31.4 Å². The van der Waals surface area contributed by atoms with Crippen LogP contribution in [0, 0.1) is 0 Å². The van der Waals surface area contributed by atoms with E-state index >= 15 is 0 Å². The van der Waals surface area contributed by atoms with Crippen molar-refractivity contribution in [3.63, 3.8) is 0 Å². The van der Waals surface area contributed by atoms with Gasteiger partial charge >= 0.3 is 0 Å². The number of alkyl halides is 1. The summed E-state index contributed by atoms with van der Waals surface area (Å²) in [7, 11) is -2.12. The van der Waals surface area contributed by atoms with E-state index in [1.165, 1.54) is 21.4 Å². The number of hydrogen-bond donors (Lipinski definition) is 1. The quantitative estimate of drug-likeness (QED) is 0.785. The molecule has 0 unspecified atom stereocenters. The van der Waals surface area contributed by atoms with Gasteiger partial charge in [-0.1, -0.05) is 6.07 Å². The van der Waals surface area contributed by atoms with Gasteiger partial charge in [0.25, 0.3) is 10.0 Å². The van der Waals surface area contributed by atoms with Crippen LogP contribution in [0.5, 0.6) is 0 Å². The molecule has 4 rings (SSSR count). The zero-order chi connectivity index (χ0) is 16.9. The van der Waals surface area contributed by atoms with Gasteiger partial charge in [0.05, 0.1) is 30.3 Å². The Hall–Kier alpha value is -2.68. The van der Waals surface area contributed by atoms with Gasteiger partial charge in [-0.3, -0.25) is 14.1 Å². The average molecular weight is 347 g/mol. The first kappa shape index (κ1) is 14.9. The molecule has 0 spiro atoms. The summed E-state index contributed by atoms with van der Waals surface area (Å²) in [6.07, 6.45) is 4.36. The maximum atomic E-state index is 13.0. The highest BCUT2D eigenvalue weighted by Crippen LogP contribution is 2.41. The monoisotopic (exact) mass is 347 g/mol. The van der Waals surface area contributed by atoms with Crippen molar-refractivity contribution in [3.05, 3.63) is 47.9 Å². The average Bonchev–Trinajstić information content (AvgIpc) is 3.22. The summed E-state index contributed by atoms with van der Waals surface area (Å²) in [4.78, 5) is 0.109. The van der Waals surface area contributed by atoms with Crippen LogP contribution >= 0.6 is 0 Å². The third kappa shape index (κ3) is 2.12. The predicted octanol–water partition coefficient (Wildman–Crippen LogP) is 1.99. The first-order valence-electron chi connectivity index (χ1n) is 7.23. The fraction of sp³-hybridized carbons (Fsp3) is 0.200. The van der Waals surface area contributed by atoms with Crippen LogP contribution in [0.2, 0.25) is 0 Å². The molecule has 0 fully saturated rings. The molecule has 0 bridgehead atoms. The Morgan fingerprint density at radius 2 is 2.17 bits per heavy atom. The van der Waals surface area contributed by atoms with Gasteiger partial charge in [0.15, 0.2) is 0 Å². The molecular formula is C15H14FN5O2S. The Morgan fingerprint density at radius 1 is 1.33 bits per heavy atom. The Morgan fingerprint density at radius 3 is 2.88 bits per heavy atom. The Labute approximate surface area is 137 Å². The summed E-state index contributed by atoms with van der Waals surface area (Å²) < 4.78 is 41.8. The molecule has 3 heterocycles. The van der Waals surface area contributed by atoms with Crippen molar-refractivity contribution in [3.8, 4) is 11.3 Å². The molecule has 1 N–H and O–H groups in total. The molecule has 2 aromatic heterocycles. The summed E-state index contributed by atoms with van der Waals surface area (Å²) >= 11 is 0. The van der Waals surface area contributed by atoms with E-state index < -0.39 is 16.7 Å². The van der Waals surface area contributed by atoms with Crippen LogP contribution in [0.4, 0.5) is 10.1 Å². The van der Waals surface area contributed by atoms with Crippen LogP contribution in [0.3, 0.4) is 0 Å². The molecule has 1 aliphatic heterocycles. The third-order valence-corrected chi connectivity index (χ3v) is 5.77. The Balaban J connectivity index is 1.91. The van der Waals surface area contributed by atoms with Crippen molar-refractivity contribution in [1.29, 1.82) is 0 Å². The normalized spacial score (nSPS) is 13.7. The van der Waals surface area contributed by atoms with Crippen molar-refractivity contribution in [2.75, 3.05) is 4.31 Å². The van der Waals surface area contributed by atoms with Gasteiger partial charge in [0.2, 0.25) is 0 Å². The van der Waals surface area contributed by atoms with Gasteiger partial charge < -0.3 is 0 Å². The molecule has 1 aromatic carbocycles. The van der Waals surface area contributed by atoms with Gasteiger partial charge in [-0.15, -0.1) is 0 Å². The number of rotatable bonds is 3. The summed E-state index contributed by atoms with van der Waals surface area (Å²) in [5, 5.41) is 10.8. The molecule has 7 nitrogen and oxygen atoms in total. The van der Waals surface area contributed by atoms with Gasteiger partial charge in [-0.2, -0.15) is 10.2 Å². The molecule has 0 radical (unpaired) electrons. The number of sulfonamides is 1. The highest BCUT2D eigenvalue weighted by Gasteiger charge is 2.33. The van der Waals surface area contributed by atoms with Crippen LogP contribution in [0.1, 0.15) is 11.1 Å². The molecule has 3 aromatic rings. The summed E-state index contributed by atoms with van der Waals surface area (Å²) in [6, 6.07) is 4.87. The lowest BCUT2D eigenvalue weighted by atomic mass is 10.00. The van der Waals surface area contributed by atoms with E-state index in [2.05, 4.69) is 15.3 Å². The molecular weight excluding hydrogens is 333 g/mol. The van der Waals surface area contributed by atoms with E-state index in [1.807, 2.05) is 0 Å². The minimum absolute atomic E-state index is 0.109. The molecule has 0 amide bonds. The molecule has 124 valence electrons. The lowest BCUT2D eigenvalue weighted by molar-refractivity contribution is 0.485. The standard InChI is InChI=1S/C15H14FN5O2S/c1-20-9-12(7-18-20)24(22,23)21-8-11-6-17-19-15(11)13-4-10(5-16)2-3-14(13)21/h2-4,6-7,9H,5,8H2,1H3,(H,17,19). The number of benzene rings is 1. The number of aromatic nitrogens is 4. The SMILES string of the molecule is Cn1cc(S(=O)(=O)N2Cc3cn[nH]c3-c3cc(CF)ccc32)cn1. The maximum absolute atomic E-state index is 13.0. The number of H-pyrrole nitrogens is 1. The lowest BCUT2D eigenvalue weighted by Crippen LogP contribution is -2.32. The van der Waals surface area contributed by atoms with Crippen molar-refractivity contribution in [2.45, 2.75) is 18.1 Å². The number of nitrogens with zero attached hydrogens (tertiary/aromatic N) is 4. The smallest absolute Gasteiger partial charge is 0.267 e. The predicted molar refractivity (Wildman–Crippen MR) is 85.4 cm³/mol. The Bertz CT molecular complexity index is 1020. The molecule has 1 aliphatic rings. The van der Waals surface area contributed by atoms with E-state index in [4.69, 9.17) is 0 Å². The number of nitrogens with one attached hydrogen (secondary N) is 1. The molecule has 0 saturated heterocycles. The van der Waals surface area contributed by atoms with Crippen LogP contribution < -0.4 is 4.31 Å². The minimum Gasteiger partial charge on any atom is -0.277 e. The zero-order valence-corrected chi connectivity index (χ0v) is 13.6. The number of aromatic amines is 1. The molecule has 24 heavy (non-hydrogen) atoms. The van der Waals surface area contributed by atoms with E-state index in [0.717, 1.165) is 11.3 Å². The lowest BCUT2D eigenvalue weighted by Gasteiger charge is -2.30. The molecule has 0 atom stereocenters. The second-order valence-electron chi connectivity index (χ2n) is 5.62. The van der Waals surface area contributed by atoms with Crippen molar-refractivity contribution in [1.82, 2.24) is 20.0 Å². The zero-order valence-electron chi connectivity index (χ0n) is 12.8. The van der Waals surface area contributed by atoms with Gasteiger partial charge in [-0.05, 0) is 17.7 Å². The first-order valence-corrected chi connectivity index (χ1v) is 8.67. The van der Waals surface area contributed by atoms with Crippen molar-refractivity contribution < 1.29 is 12.8 Å². The number of fused-ring (bicyclic) bond motifs is 3. The van der Waals surface area contributed by atoms with Gasteiger partial charge in [0.1, 0.15) is 11.6 Å². The fourth-order valence-corrected chi connectivity index (χ4v) is 4.31. The topological polar surface area (TPSA) is 83.9 Å². The van der Waals surface area contributed by atoms with Crippen molar-refractivity contribution in [2.24, 2.45) is 7.05 Å². The van der Waals surface area contributed by atoms with E-state index in [-0.39, 0.29) is 11.4 Å². The summed E-state index contributed by atoms with van der Waals surface area (Å²) in [5.74, 6) is 0. The second-order valence-corrected chi connectivity index (χ2v) is 7.48. The molecule has 0 aliphatic carbocycles. The largest absolute Gasteiger partial charge is 0.277 e. The summed E-state index contributed by atoms with van der Waals surface area (Å²) in [5.41, 5.74) is 3.06. The highest BCUT2D eigenvalue weighted by atomic mass is 32.2. The fourth-order valence-electron chi connectivity index (χ4n) is 2.86. The van der Waals surface area contributed by atoms with Crippen LogP contribution in [0.25, 0.3) is 11.3 Å². The highest BCUT2D eigenvalue weighted by molar-refractivity contribution is 7.92. The minimum atomic E-state index is -3.78. The van der Waals surface area contributed by atoms with E-state index in [9.17, 15) is 12.8 Å². The van der Waals surface area contributed by atoms with Crippen LogP contribution in [-0.2, 0) is 30.3 Å². The van der Waals surface area contributed by atoms with Crippen LogP contribution in [0.15, 0.2) is 41.7 Å². The van der Waals surface area contributed by atoms with Crippen LogP contribution in [-0.4, -0.2) is 28.4 Å². The Kier molecular flexibility index (Phi) is 3.20. The molecule has 0 saturated carbocycles. The van der Waals surface area contributed by atoms with E-state index in [0.29, 0.717) is 16.8 Å². The number of hydrogen-bond acceptors (Lipinski definition) is 4. The third-order valence-electron chi connectivity index (χ3n) is 4.05. The molecule has 9 heteroatoms. The number of halogens is 1. The first-order chi connectivity index (χ1) is 11.5. The summed E-state index contributed by atoms with van der Waals surface area (Å²) in [6.45, 7) is -0.461. The number of aryl methyl sites for hydroxylation is 1. The number of anilines is 1.